The molecule has 3 aromatic rings. The first-order valence-electron chi connectivity index (χ1n) is 18.5. The number of fused-ring (bicyclic) bond motifs is 3. The number of nitrogens with one attached hydrogen (secondary N) is 1. The Morgan fingerprint density at radius 1 is 0.808 bits per heavy atom. The molecule has 3 fully saturated rings. The number of piperidine rings is 3. The van der Waals surface area contributed by atoms with E-state index in [0.717, 1.165) is 60.3 Å². The van der Waals surface area contributed by atoms with E-state index in [2.05, 4.69) is 30.9 Å². The summed E-state index contributed by atoms with van der Waals surface area (Å²) in [5, 5.41) is 9.68. The van der Waals surface area contributed by atoms with E-state index in [1.54, 1.807) is 17.6 Å². The highest BCUT2D eigenvalue weighted by atomic mass is 32.2. The Balaban J connectivity index is 0.975. The maximum absolute atomic E-state index is 14.2. The highest BCUT2D eigenvalue weighted by Gasteiger charge is 2.53. The first-order chi connectivity index (χ1) is 25.0. The molecular weight excluding hydrogens is 681 g/mol. The number of rotatable bonds is 7. The Hall–Kier alpha value is -4.42. The van der Waals surface area contributed by atoms with Gasteiger partial charge in [0.05, 0.1) is 4.90 Å². The van der Waals surface area contributed by atoms with Crippen LogP contribution in [0.5, 0.6) is 0 Å². The molecule has 2 N–H and O–H groups in total. The minimum atomic E-state index is -4.28. The molecule has 3 saturated heterocycles. The van der Waals surface area contributed by atoms with Crippen LogP contribution in [0.15, 0.2) is 77.7 Å². The molecule has 0 bridgehead atoms. The van der Waals surface area contributed by atoms with Gasteiger partial charge in [-0.15, -0.1) is 0 Å². The predicted octanol–water partition coefficient (Wildman–Crippen LogP) is 5.47. The zero-order chi connectivity index (χ0) is 36.6. The molecule has 0 aromatic heterocycles. The molecule has 2 atom stereocenters. The third-order valence-corrected chi connectivity index (χ3v) is 14.2. The Morgan fingerprint density at radius 3 is 1.92 bits per heavy atom. The van der Waals surface area contributed by atoms with E-state index in [0.29, 0.717) is 24.9 Å². The van der Waals surface area contributed by atoms with Gasteiger partial charge in [0.25, 0.3) is 5.91 Å². The van der Waals surface area contributed by atoms with Crippen molar-refractivity contribution in [2.75, 3.05) is 50.8 Å². The minimum absolute atomic E-state index is 0.00968. The van der Waals surface area contributed by atoms with Crippen molar-refractivity contribution >= 4 is 33.4 Å². The van der Waals surface area contributed by atoms with Crippen molar-refractivity contribution in [1.29, 1.82) is 0 Å². The second-order valence-corrected chi connectivity index (χ2v) is 17.4. The molecule has 276 valence electrons. The number of benzene rings is 3. The van der Waals surface area contributed by atoms with E-state index in [1.807, 2.05) is 41.3 Å². The van der Waals surface area contributed by atoms with E-state index < -0.39 is 26.6 Å². The number of anilines is 1. The SMILES string of the molecule is CC1CC(C)CN(C(=O)C2CCN(c3ccc(S(=O)(=O)C4(C(=O)NO)CCN(C(=O)OCC5c6ccccc6-c6ccccc65)CC4)cc3)CC2)C1. The summed E-state index contributed by atoms with van der Waals surface area (Å²) in [5.74, 6) is 0.122. The average molecular weight is 729 g/mol. The van der Waals surface area contributed by atoms with Crippen molar-refractivity contribution in [3.8, 4) is 11.1 Å². The fourth-order valence-electron chi connectivity index (χ4n) is 9.00. The predicted molar refractivity (Wildman–Crippen MR) is 197 cm³/mol. The Bertz CT molecular complexity index is 1860. The van der Waals surface area contributed by atoms with Gasteiger partial charge in [0.1, 0.15) is 6.61 Å². The standard InChI is InChI=1S/C40H48N4O7S/c1-27-23-28(2)25-44(24-27)37(45)29-15-19-42(20-16-29)30-11-13-31(14-12-30)52(49,50)40(38(46)41-48)17-21-43(22-18-40)39(47)51-26-36-34-9-5-3-7-32(34)33-8-4-6-10-35(33)36/h3-14,27-29,36,48H,15-26H2,1-2H3,(H,41,46). The normalized spacial score (nSPS) is 22.0. The van der Waals surface area contributed by atoms with Gasteiger partial charge in [-0.1, -0.05) is 62.4 Å². The third kappa shape index (κ3) is 6.55. The molecule has 0 radical (unpaired) electrons. The topological polar surface area (TPSA) is 137 Å². The first-order valence-corrected chi connectivity index (χ1v) is 19.9. The zero-order valence-corrected chi connectivity index (χ0v) is 30.7. The second kappa shape index (κ2) is 14.5. The lowest BCUT2D eigenvalue weighted by atomic mass is 9.89. The van der Waals surface area contributed by atoms with Gasteiger partial charge in [-0.05, 0) is 90.5 Å². The summed E-state index contributed by atoms with van der Waals surface area (Å²) in [6.07, 6.45) is 1.63. The molecule has 3 amide bonds. The maximum atomic E-state index is 14.2. The lowest BCUT2D eigenvalue weighted by molar-refractivity contribution is -0.139. The van der Waals surface area contributed by atoms with Crippen LogP contribution in [-0.4, -0.2) is 92.0 Å². The van der Waals surface area contributed by atoms with E-state index in [-0.39, 0.29) is 55.2 Å². The van der Waals surface area contributed by atoms with E-state index in [1.165, 1.54) is 17.0 Å². The number of hydrogen-bond donors (Lipinski definition) is 2. The molecular formula is C40H48N4O7S. The van der Waals surface area contributed by atoms with Crippen molar-refractivity contribution in [2.45, 2.75) is 61.5 Å². The van der Waals surface area contributed by atoms with Crippen molar-refractivity contribution in [3.05, 3.63) is 83.9 Å². The zero-order valence-electron chi connectivity index (χ0n) is 29.9. The summed E-state index contributed by atoms with van der Waals surface area (Å²) in [7, 11) is -4.28. The van der Waals surface area contributed by atoms with Crippen molar-refractivity contribution in [3.63, 3.8) is 0 Å². The van der Waals surface area contributed by atoms with Crippen LogP contribution in [0.4, 0.5) is 10.5 Å². The van der Waals surface area contributed by atoms with Crippen molar-refractivity contribution in [2.24, 2.45) is 17.8 Å². The Labute approximate surface area is 305 Å². The molecule has 2 unspecified atom stereocenters. The first kappa shape index (κ1) is 36.0. The minimum Gasteiger partial charge on any atom is -0.448 e. The quantitative estimate of drug-likeness (QED) is 0.242. The Morgan fingerprint density at radius 2 is 1.37 bits per heavy atom. The van der Waals surface area contributed by atoms with Crippen LogP contribution < -0.4 is 10.4 Å². The number of likely N-dealkylation sites (tertiary alicyclic amines) is 2. The average Bonchev–Trinajstić information content (AvgIpc) is 3.49. The molecule has 3 aromatic carbocycles. The summed E-state index contributed by atoms with van der Waals surface area (Å²) < 4.78 is 32.1. The number of carbonyl (C=O) groups is 3. The molecule has 12 heteroatoms. The number of hydrogen-bond acceptors (Lipinski definition) is 8. The van der Waals surface area contributed by atoms with Gasteiger partial charge in [0.15, 0.2) is 14.6 Å². The summed E-state index contributed by atoms with van der Waals surface area (Å²) >= 11 is 0. The lowest BCUT2D eigenvalue weighted by Gasteiger charge is -2.40. The maximum Gasteiger partial charge on any atom is 0.409 e. The summed E-state index contributed by atoms with van der Waals surface area (Å²) in [6.45, 7) is 7.47. The van der Waals surface area contributed by atoms with Gasteiger partial charge in [-0.25, -0.2) is 18.7 Å². The van der Waals surface area contributed by atoms with Gasteiger partial charge >= 0.3 is 6.09 Å². The molecule has 7 rings (SSSR count). The van der Waals surface area contributed by atoms with Crippen LogP contribution >= 0.6 is 0 Å². The van der Waals surface area contributed by atoms with Gasteiger partial charge in [-0.2, -0.15) is 0 Å². The van der Waals surface area contributed by atoms with Crippen LogP contribution in [0.25, 0.3) is 11.1 Å². The largest absolute Gasteiger partial charge is 0.448 e. The molecule has 4 aliphatic rings. The second-order valence-electron chi connectivity index (χ2n) is 15.2. The number of ether oxygens (including phenoxy) is 1. The smallest absolute Gasteiger partial charge is 0.409 e. The molecule has 11 nitrogen and oxygen atoms in total. The third-order valence-electron chi connectivity index (χ3n) is 11.7. The molecule has 3 heterocycles. The monoisotopic (exact) mass is 728 g/mol. The molecule has 0 saturated carbocycles. The van der Waals surface area contributed by atoms with Crippen molar-refractivity contribution in [1.82, 2.24) is 15.3 Å². The van der Waals surface area contributed by atoms with E-state index in [4.69, 9.17) is 4.74 Å². The van der Waals surface area contributed by atoms with Gasteiger partial charge in [-0.3, -0.25) is 14.8 Å². The van der Waals surface area contributed by atoms with Crippen LogP contribution in [0.2, 0.25) is 0 Å². The number of amides is 3. The number of carbonyl (C=O) groups excluding carboxylic acids is 3. The fraction of sp³-hybridized carbons (Fsp3) is 0.475. The fourth-order valence-corrected chi connectivity index (χ4v) is 11.0. The van der Waals surface area contributed by atoms with Gasteiger partial charge in [0, 0.05) is 56.8 Å². The number of nitrogens with zero attached hydrogens (tertiary/aromatic N) is 3. The lowest BCUT2D eigenvalue weighted by Crippen LogP contribution is -2.58. The molecule has 1 aliphatic carbocycles. The van der Waals surface area contributed by atoms with Gasteiger partial charge < -0.3 is 19.4 Å². The molecule has 3 aliphatic heterocycles. The molecule has 52 heavy (non-hydrogen) atoms. The highest BCUT2D eigenvalue weighted by Crippen LogP contribution is 2.45. The Kier molecular flexibility index (Phi) is 10.1. The van der Waals surface area contributed by atoms with Crippen LogP contribution in [0.1, 0.15) is 63.0 Å². The van der Waals surface area contributed by atoms with Crippen molar-refractivity contribution < 1.29 is 32.7 Å². The van der Waals surface area contributed by atoms with E-state index in [9.17, 15) is 28.0 Å². The number of sulfone groups is 1. The van der Waals surface area contributed by atoms with Gasteiger partial charge in [0.2, 0.25) is 5.91 Å². The van der Waals surface area contributed by atoms with Crippen LogP contribution in [0, 0.1) is 17.8 Å². The van der Waals surface area contributed by atoms with Crippen LogP contribution in [0.3, 0.4) is 0 Å². The summed E-state index contributed by atoms with van der Waals surface area (Å²) in [4.78, 5) is 45.3. The highest BCUT2D eigenvalue weighted by molar-refractivity contribution is 7.93. The number of hydroxylamine groups is 1. The summed E-state index contributed by atoms with van der Waals surface area (Å²) in [5.41, 5.74) is 6.83. The van der Waals surface area contributed by atoms with E-state index >= 15 is 0 Å². The van der Waals surface area contributed by atoms with Crippen LogP contribution in [-0.2, 0) is 24.2 Å². The summed E-state index contributed by atoms with van der Waals surface area (Å²) in [6, 6.07) is 22.6. The molecule has 0 spiro atoms.